The molecule has 0 saturated heterocycles. The number of nitrogens with zero attached hydrogens (tertiary/aromatic N) is 4. The topological polar surface area (TPSA) is 74.6 Å². The number of nitrogens with one attached hydrogen (secondary N) is 2. The highest BCUT2D eigenvalue weighted by molar-refractivity contribution is 5.94. The molecule has 1 amide bonds. The zero-order valence-electron chi connectivity index (χ0n) is 17.0. The summed E-state index contributed by atoms with van der Waals surface area (Å²) >= 11 is 0. The molecule has 2 N–H and O–H groups in total. The molecule has 0 radical (unpaired) electrons. The molecule has 0 aliphatic rings. The van der Waals surface area contributed by atoms with Crippen molar-refractivity contribution in [2.45, 2.75) is 0 Å². The van der Waals surface area contributed by atoms with Crippen molar-refractivity contribution in [3.8, 4) is 11.3 Å². The van der Waals surface area contributed by atoms with Crippen molar-refractivity contribution in [3.05, 3.63) is 78.8 Å². The molecule has 30 heavy (non-hydrogen) atoms. The monoisotopic (exact) mass is 400 g/mol. The Morgan fingerprint density at radius 3 is 2.57 bits per heavy atom. The van der Waals surface area contributed by atoms with Crippen LogP contribution in [-0.4, -0.2) is 52.4 Å². The summed E-state index contributed by atoms with van der Waals surface area (Å²) in [5, 5.41) is 6.38. The molecule has 152 valence electrons. The van der Waals surface area contributed by atoms with Gasteiger partial charge in [0, 0.05) is 42.3 Å². The molecule has 0 spiro atoms. The molecule has 0 atom stereocenters. The number of aromatic nitrogens is 3. The van der Waals surface area contributed by atoms with Gasteiger partial charge in [0.1, 0.15) is 11.5 Å². The minimum Gasteiger partial charge on any atom is -0.351 e. The molecule has 7 heteroatoms. The van der Waals surface area contributed by atoms with Gasteiger partial charge in [-0.25, -0.2) is 4.98 Å². The Balaban J connectivity index is 1.58. The molecule has 0 saturated carbocycles. The number of anilines is 2. The number of hydrogen-bond donors (Lipinski definition) is 2. The molecule has 0 bridgehead atoms. The molecule has 0 aliphatic heterocycles. The summed E-state index contributed by atoms with van der Waals surface area (Å²) < 4.78 is 1.97. The third-order valence-corrected chi connectivity index (χ3v) is 4.73. The quantitative estimate of drug-likeness (QED) is 0.497. The van der Waals surface area contributed by atoms with Gasteiger partial charge in [-0.05, 0) is 38.4 Å². The van der Waals surface area contributed by atoms with Crippen molar-refractivity contribution in [3.63, 3.8) is 0 Å². The Morgan fingerprint density at radius 1 is 1.07 bits per heavy atom. The third-order valence-electron chi connectivity index (χ3n) is 4.73. The largest absolute Gasteiger partial charge is 0.351 e. The van der Waals surface area contributed by atoms with Crippen LogP contribution in [0.5, 0.6) is 0 Å². The van der Waals surface area contributed by atoms with Gasteiger partial charge in [0.25, 0.3) is 5.91 Å². The summed E-state index contributed by atoms with van der Waals surface area (Å²) in [6.07, 6.45) is 5.35. The van der Waals surface area contributed by atoms with Gasteiger partial charge in [-0.3, -0.25) is 14.2 Å². The molecule has 2 aromatic heterocycles. The molecule has 2 aromatic carbocycles. The van der Waals surface area contributed by atoms with Crippen LogP contribution >= 0.6 is 0 Å². The first kappa shape index (κ1) is 19.6. The van der Waals surface area contributed by atoms with Crippen molar-refractivity contribution < 1.29 is 4.79 Å². The number of fused-ring (bicyclic) bond motifs is 1. The van der Waals surface area contributed by atoms with Crippen molar-refractivity contribution in [1.82, 2.24) is 24.6 Å². The minimum absolute atomic E-state index is 0.0748. The molecule has 4 rings (SSSR count). The van der Waals surface area contributed by atoms with Gasteiger partial charge in [-0.1, -0.05) is 30.3 Å². The van der Waals surface area contributed by atoms with Gasteiger partial charge >= 0.3 is 0 Å². The first-order valence-corrected chi connectivity index (χ1v) is 9.79. The average Bonchev–Trinajstić information content (AvgIpc) is 3.13. The predicted octanol–water partition coefficient (Wildman–Crippen LogP) is 3.43. The number of carbonyl (C=O) groups is 1. The lowest BCUT2D eigenvalue weighted by Crippen LogP contribution is -2.31. The van der Waals surface area contributed by atoms with Crippen molar-refractivity contribution in [2.75, 3.05) is 32.5 Å². The zero-order valence-corrected chi connectivity index (χ0v) is 17.0. The summed E-state index contributed by atoms with van der Waals surface area (Å²) in [7, 11) is 3.96. The van der Waals surface area contributed by atoms with Gasteiger partial charge in [0.2, 0.25) is 0 Å². The normalized spacial score (nSPS) is 11.0. The first-order valence-electron chi connectivity index (χ1n) is 9.79. The number of amides is 1. The Bertz CT molecular complexity index is 1140. The van der Waals surface area contributed by atoms with Gasteiger partial charge in [0.05, 0.1) is 6.20 Å². The van der Waals surface area contributed by atoms with E-state index in [2.05, 4.69) is 15.6 Å². The molecule has 0 fully saturated rings. The van der Waals surface area contributed by atoms with E-state index in [1.165, 1.54) is 0 Å². The van der Waals surface area contributed by atoms with Crippen LogP contribution in [0, 0.1) is 0 Å². The number of likely N-dealkylation sites (N-methyl/N-ethyl adjacent to an activating group) is 1. The molecular weight excluding hydrogens is 376 g/mol. The maximum atomic E-state index is 12.3. The number of carbonyl (C=O) groups excluding carboxylic acids is 1. The van der Waals surface area contributed by atoms with E-state index in [9.17, 15) is 4.79 Å². The van der Waals surface area contributed by atoms with Crippen LogP contribution in [-0.2, 0) is 0 Å². The third kappa shape index (κ3) is 4.31. The average molecular weight is 400 g/mol. The van der Waals surface area contributed by atoms with Crippen LogP contribution in [0.2, 0.25) is 0 Å². The molecular formula is C23H24N6O. The fourth-order valence-electron chi connectivity index (χ4n) is 3.16. The Labute approximate surface area is 175 Å². The highest BCUT2D eigenvalue weighted by Crippen LogP contribution is 2.30. The van der Waals surface area contributed by atoms with E-state index in [0.717, 1.165) is 35.0 Å². The van der Waals surface area contributed by atoms with Crippen LogP contribution in [0.4, 0.5) is 11.5 Å². The van der Waals surface area contributed by atoms with Gasteiger partial charge in [0.15, 0.2) is 5.65 Å². The van der Waals surface area contributed by atoms with Crippen LogP contribution in [0.25, 0.3) is 16.9 Å². The van der Waals surface area contributed by atoms with Gasteiger partial charge < -0.3 is 15.5 Å². The van der Waals surface area contributed by atoms with Crippen LogP contribution < -0.4 is 10.6 Å². The van der Waals surface area contributed by atoms with E-state index >= 15 is 0 Å². The second kappa shape index (κ2) is 8.75. The minimum atomic E-state index is -0.0748. The molecule has 7 nitrogen and oxygen atoms in total. The predicted molar refractivity (Wildman–Crippen MR) is 119 cm³/mol. The SMILES string of the molecule is CN(C)CCNC(=O)c1ccc(Nc2c(-c3ccccc3)nc3cnccn23)cc1. The van der Waals surface area contributed by atoms with E-state index in [4.69, 9.17) is 4.98 Å². The second-order valence-corrected chi connectivity index (χ2v) is 7.24. The highest BCUT2D eigenvalue weighted by atomic mass is 16.1. The smallest absolute Gasteiger partial charge is 0.251 e. The Morgan fingerprint density at radius 2 is 1.83 bits per heavy atom. The van der Waals surface area contributed by atoms with E-state index in [1.807, 2.05) is 84.2 Å². The van der Waals surface area contributed by atoms with Crippen molar-refractivity contribution >= 4 is 23.1 Å². The summed E-state index contributed by atoms with van der Waals surface area (Å²) in [6.45, 7) is 1.42. The van der Waals surface area contributed by atoms with E-state index in [0.29, 0.717) is 12.1 Å². The lowest BCUT2D eigenvalue weighted by atomic mass is 10.1. The summed E-state index contributed by atoms with van der Waals surface area (Å²) in [5.41, 5.74) is 4.12. The number of benzene rings is 2. The summed E-state index contributed by atoms with van der Waals surface area (Å²) in [6, 6.07) is 17.5. The van der Waals surface area contributed by atoms with E-state index in [1.54, 1.807) is 12.4 Å². The highest BCUT2D eigenvalue weighted by Gasteiger charge is 2.14. The zero-order chi connectivity index (χ0) is 20.9. The van der Waals surface area contributed by atoms with Crippen molar-refractivity contribution in [1.29, 1.82) is 0 Å². The van der Waals surface area contributed by atoms with Crippen LogP contribution in [0.1, 0.15) is 10.4 Å². The maximum Gasteiger partial charge on any atom is 0.251 e. The maximum absolute atomic E-state index is 12.3. The Hall–Kier alpha value is -3.71. The van der Waals surface area contributed by atoms with Gasteiger partial charge in [-0.15, -0.1) is 0 Å². The summed E-state index contributed by atoms with van der Waals surface area (Å²) in [4.78, 5) is 23.2. The van der Waals surface area contributed by atoms with Crippen LogP contribution in [0.3, 0.4) is 0 Å². The first-order chi connectivity index (χ1) is 14.6. The second-order valence-electron chi connectivity index (χ2n) is 7.24. The van der Waals surface area contributed by atoms with Gasteiger partial charge in [-0.2, -0.15) is 0 Å². The molecule has 0 aliphatic carbocycles. The fraction of sp³-hybridized carbons (Fsp3) is 0.174. The van der Waals surface area contributed by atoms with Crippen molar-refractivity contribution in [2.24, 2.45) is 0 Å². The lowest BCUT2D eigenvalue weighted by Gasteiger charge is -2.11. The fourth-order valence-corrected chi connectivity index (χ4v) is 3.16. The standard InChI is InChI=1S/C23H24N6O/c1-28(2)14-13-25-23(30)18-8-10-19(11-9-18)26-22-21(17-6-4-3-5-7-17)27-20-16-24-12-15-29(20)22/h3-12,15-16,26H,13-14H2,1-2H3,(H,25,30). The van der Waals surface area contributed by atoms with Crippen LogP contribution in [0.15, 0.2) is 73.2 Å². The molecule has 2 heterocycles. The number of rotatable bonds is 7. The lowest BCUT2D eigenvalue weighted by molar-refractivity contribution is 0.0951. The number of imidazole rings is 1. The number of hydrogen-bond acceptors (Lipinski definition) is 5. The molecule has 4 aromatic rings. The molecule has 0 unspecified atom stereocenters. The van der Waals surface area contributed by atoms with E-state index < -0.39 is 0 Å². The van der Waals surface area contributed by atoms with E-state index in [-0.39, 0.29) is 5.91 Å². The summed E-state index contributed by atoms with van der Waals surface area (Å²) in [5.74, 6) is 0.774. The Kier molecular flexibility index (Phi) is 5.72.